The highest BCUT2D eigenvalue weighted by Crippen LogP contribution is 2.04. The predicted molar refractivity (Wildman–Crippen MR) is 61.6 cm³/mol. The standard InChI is InChI=1S/C12H17NO3/c1-9(16-2)7-13-8-10-3-5-11(6-4-10)12(14)15/h3-6,9,13H,7-8H2,1-2H3,(H,14,15). The number of ether oxygens (including phenoxy) is 1. The van der Waals surface area contributed by atoms with E-state index in [1.54, 1.807) is 19.2 Å². The zero-order valence-electron chi connectivity index (χ0n) is 9.56. The molecular weight excluding hydrogens is 206 g/mol. The van der Waals surface area contributed by atoms with E-state index in [-0.39, 0.29) is 6.10 Å². The van der Waals surface area contributed by atoms with E-state index < -0.39 is 5.97 Å². The molecule has 0 aromatic heterocycles. The molecule has 1 aromatic rings. The van der Waals surface area contributed by atoms with Crippen LogP contribution in [0.3, 0.4) is 0 Å². The first-order valence-electron chi connectivity index (χ1n) is 5.19. The number of carbonyl (C=O) groups is 1. The summed E-state index contributed by atoms with van der Waals surface area (Å²) in [5, 5.41) is 12.0. The Bertz CT molecular complexity index is 335. The van der Waals surface area contributed by atoms with Crippen molar-refractivity contribution in [3.05, 3.63) is 35.4 Å². The van der Waals surface area contributed by atoms with E-state index in [0.29, 0.717) is 12.1 Å². The molecular formula is C12H17NO3. The first-order chi connectivity index (χ1) is 7.63. The summed E-state index contributed by atoms with van der Waals surface area (Å²) in [7, 11) is 1.67. The van der Waals surface area contributed by atoms with Crippen molar-refractivity contribution in [3.8, 4) is 0 Å². The molecule has 4 heteroatoms. The van der Waals surface area contributed by atoms with Gasteiger partial charge in [-0.3, -0.25) is 0 Å². The third-order valence-corrected chi connectivity index (χ3v) is 2.36. The Morgan fingerprint density at radius 3 is 2.56 bits per heavy atom. The molecule has 16 heavy (non-hydrogen) atoms. The second-order valence-electron chi connectivity index (χ2n) is 3.68. The van der Waals surface area contributed by atoms with Crippen molar-refractivity contribution in [2.45, 2.75) is 19.6 Å². The summed E-state index contributed by atoms with van der Waals surface area (Å²) >= 11 is 0. The summed E-state index contributed by atoms with van der Waals surface area (Å²) in [6.07, 6.45) is 0.179. The maximum Gasteiger partial charge on any atom is 0.335 e. The largest absolute Gasteiger partial charge is 0.478 e. The fourth-order valence-electron chi connectivity index (χ4n) is 1.27. The van der Waals surface area contributed by atoms with Crippen LogP contribution >= 0.6 is 0 Å². The number of carboxylic acid groups (broad SMARTS) is 1. The van der Waals surface area contributed by atoms with E-state index in [1.165, 1.54) is 0 Å². The molecule has 1 aromatic carbocycles. The lowest BCUT2D eigenvalue weighted by molar-refractivity contribution is 0.0697. The molecule has 1 atom stereocenters. The molecule has 0 spiro atoms. The topological polar surface area (TPSA) is 58.6 Å². The Balaban J connectivity index is 2.40. The van der Waals surface area contributed by atoms with Gasteiger partial charge in [0.05, 0.1) is 11.7 Å². The van der Waals surface area contributed by atoms with Crippen molar-refractivity contribution in [1.82, 2.24) is 5.32 Å². The lowest BCUT2D eigenvalue weighted by atomic mass is 10.1. The average Bonchev–Trinajstić information content (AvgIpc) is 2.29. The van der Waals surface area contributed by atoms with Crippen LogP contribution in [0.5, 0.6) is 0 Å². The van der Waals surface area contributed by atoms with Gasteiger partial charge in [-0.15, -0.1) is 0 Å². The quantitative estimate of drug-likeness (QED) is 0.767. The van der Waals surface area contributed by atoms with Crippen molar-refractivity contribution in [2.75, 3.05) is 13.7 Å². The number of aromatic carboxylic acids is 1. The van der Waals surface area contributed by atoms with Gasteiger partial charge in [0, 0.05) is 20.2 Å². The van der Waals surface area contributed by atoms with Crippen LogP contribution in [-0.4, -0.2) is 30.8 Å². The molecule has 0 aliphatic heterocycles. The molecule has 88 valence electrons. The van der Waals surface area contributed by atoms with E-state index in [9.17, 15) is 4.79 Å². The van der Waals surface area contributed by atoms with E-state index in [2.05, 4.69) is 5.32 Å². The number of benzene rings is 1. The lowest BCUT2D eigenvalue weighted by Gasteiger charge is -2.10. The molecule has 0 heterocycles. The van der Waals surface area contributed by atoms with Gasteiger partial charge in [0.25, 0.3) is 0 Å². The highest BCUT2D eigenvalue weighted by molar-refractivity contribution is 5.87. The van der Waals surface area contributed by atoms with E-state index in [1.807, 2.05) is 19.1 Å². The van der Waals surface area contributed by atoms with Crippen molar-refractivity contribution >= 4 is 5.97 Å². The van der Waals surface area contributed by atoms with Gasteiger partial charge in [0.15, 0.2) is 0 Å². The van der Waals surface area contributed by atoms with Crippen LogP contribution in [0.2, 0.25) is 0 Å². The maximum atomic E-state index is 10.6. The zero-order valence-corrected chi connectivity index (χ0v) is 9.56. The predicted octanol–water partition coefficient (Wildman–Crippen LogP) is 1.51. The number of rotatable bonds is 6. The lowest BCUT2D eigenvalue weighted by Crippen LogP contribution is -2.25. The monoisotopic (exact) mass is 223 g/mol. The summed E-state index contributed by atoms with van der Waals surface area (Å²) in [5.74, 6) is -0.896. The Labute approximate surface area is 95.2 Å². The molecule has 0 saturated carbocycles. The molecule has 1 rings (SSSR count). The summed E-state index contributed by atoms with van der Waals surface area (Å²) in [4.78, 5) is 10.6. The Morgan fingerprint density at radius 1 is 1.44 bits per heavy atom. The molecule has 1 unspecified atom stereocenters. The third-order valence-electron chi connectivity index (χ3n) is 2.36. The van der Waals surface area contributed by atoms with Crippen LogP contribution < -0.4 is 5.32 Å². The Hall–Kier alpha value is -1.39. The molecule has 0 aliphatic rings. The van der Waals surface area contributed by atoms with Crippen molar-refractivity contribution in [3.63, 3.8) is 0 Å². The highest BCUT2D eigenvalue weighted by atomic mass is 16.5. The van der Waals surface area contributed by atoms with Crippen LogP contribution in [0.4, 0.5) is 0 Å². The van der Waals surface area contributed by atoms with Crippen LogP contribution in [0.15, 0.2) is 24.3 Å². The molecule has 2 N–H and O–H groups in total. The summed E-state index contributed by atoms with van der Waals surface area (Å²) in [5.41, 5.74) is 1.38. The van der Waals surface area contributed by atoms with Gasteiger partial charge in [0.1, 0.15) is 0 Å². The van der Waals surface area contributed by atoms with Crippen molar-refractivity contribution in [1.29, 1.82) is 0 Å². The van der Waals surface area contributed by atoms with Gasteiger partial charge < -0.3 is 15.2 Å². The summed E-state index contributed by atoms with van der Waals surface area (Å²) < 4.78 is 5.10. The van der Waals surface area contributed by atoms with Crippen LogP contribution in [0, 0.1) is 0 Å². The van der Waals surface area contributed by atoms with E-state index in [0.717, 1.165) is 12.1 Å². The number of hydrogen-bond donors (Lipinski definition) is 2. The number of hydrogen-bond acceptors (Lipinski definition) is 3. The summed E-state index contributed by atoms with van der Waals surface area (Å²) in [6, 6.07) is 6.85. The Morgan fingerprint density at radius 2 is 2.06 bits per heavy atom. The molecule has 4 nitrogen and oxygen atoms in total. The molecule has 0 radical (unpaired) electrons. The first-order valence-corrected chi connectivity index (χ1v) is 5.19. The highest BCUT2D eigenvalue weighted by Gasteiger charge is 2.02. The second kappa shape index (κ2) is 6.25. The normalized spacial score (nSPS) is 12.4. The van der Waals surface area contributed by atoms with Gasteiger partial charge in [0.2, 0.25) is 0 Å². The minimum Gasteiger partial charge on any atom is -0.478 e. The minimum atomic E-state index is -0.896. The summed E-state index contributed by atoms with van der Waals surface area (Å²) in [6.45, 7) is 3.48. The van der Waals surface area contributed by atoms with Gasteiger partial charge in [-0.1, -0.05) is 12.1 Å². The first kappa shape index (κ1) is 12.7. The van der Waals surface area contributed by atoms with Gasteiger partial charge in [-0.2, -0.15) is 0 Å². The molecule has 0 saturated heterocycles. The second-order valence-corrected chi connectivity index (χ2v) is 3.68. The van der Waals surface area contributed by atoms with E-state index >= 15 is 0 Å². The fourth-order valence-corrected chi connectivity index (χ4v) is 1.27. The smallest absolute Gasteiger partial charge is 0.335 e. The third kappa shape index (κ3) is 4.00. The minimum absolute atomic E-state index is 0.179. The number of methoxy groups -OCH3 is 1. The SMILES string of the molecule is COC(C)CNCc1ccc(C(=O)O)cc1. The van der Waals surface area contributed by atoms with E-state index in [4.69, 9.17) is 9.84 Å². The van der Waals surface area contributed by atoms with Gasteiger partial charge in [-0.25, -0.2) is 4.79 Å². The zero-order chi connectivity index (χ0) is 12.0. The number of nitrogens with one attached hydrogen (secondary N) is 1. The molecule has 0 fully saturated rings. The van der Waals surface area contributed by atoms with Gasteiger partial charge in [-0.05, 0) is 24.6 Å². The van der Waals surface area contributed by atoms with Gasteiger partial charge >= 0.3 is 5.97 Å². The average molecular weight is 223 g/mol. The molecule has 0 aliphatic carbocycles. The number of carboxylic acids is 1. The van der Waals surface area contributed by atoms with Crippen LogP contribution in [0.1, 0.15) is 22.8 Å². The fraction of sp³-hybridized carbons (Fsp3) is 0.417. The van der Waals surface area contributed by atoms with Crippen LogP contribution in [0.25, 0.3) is 0 Å². The van der Waals surface area contributed by atoms with Crippen molar-refractivity contribution < 1.29 is 14.6 Å². The molecule has 0 amide bonds. The van der Waals surface area contributed by atoms with Crippen molar-refractivity contribution in [2.24, 2.45) is 0 Å². The molecule has 0 bridgehead atoms. The van der Waals surface area contributed by atoms with Crippen LogP contribution in [-0.2, 0) is 11.3 Å². The maximum absolute atomic E-state index is 10.6. The Kier molecular flexibility index (Phi) is 4.95.